The summed E-state index contributed by atoms with van der Waals surface area (Å²) in [4.78, 5) is 23.3. The van der Waals surface area contributed by atoms with Gasteiger partial charge >= 0.3 is 5.97 Å². The van der Waals surface area contributed by atoms with Gasteiger partial charge in [-0.3, -0.25) is 4.79 Å². The molecule has 0 spiro atoms. The Kier molecular flexibility index (Phi) is 4.83. The maximum absolute atomic E-state index is 12.0. The van der Waals surface area contributed by atoms with E-state index in [2.05, 4.69) is 0 Å². The molecule has 104 valence electrons. The maximum Gasteiger partial charge on any atom is 0.339 e. The molecular weight excluding hydrogens is 264 g/mol. The Morgan fingerprint density at radius 3 is 1.86 bits per heavy atom. The summed E-state index contributed by atoms with van der Waals surface area (Å²) in [5.41, 5.74) is 1.26. The minimum absolute atomic E-state index is 0.256. The molecule has 0 atom stereocenters. The first-order valence-electron chi connectivity index (χ1n) is 6.44. The number of rotatable bonds is 5. The van der Waals surface area contributed by atoms with Crippen LogP contribution in [0.25, 0.3) is 12.2 Å². The topological polar surface area (TPSA) is 54.4 Å². The van der Waals surface area contributed by atoms with Gasteiger partial charge in [-0.05, 0) is 23.3 Å². The molecule has 0 saturated carbocycles. The second-order valence-electron chi connectivity index (χ2n) is 4.38. The zero-order chi connectivity index (χ0) is 15.1. The van der Waals surface area contributed by atoms with Crippen molar-refractivity contribution >= 4 is 23.9 Å². The van der Waals surface area contributed by atoms with Gasteiger partial charge < -0.3 is 5.11 Å². The fraction of sp³-hybridized carbons (Fsp3) is 0. The Morgan fingerprint density at radius 2 is 1.33 bits per heavy atom. The van der Waals surface area contributed by atoms with Crippen LogP contribution in [0.5, 0.6) is 0 Å². The van der Waals surface area contributed by atoms with Crippen LogP contribution in [0.4, 0.5) is 0 Å². The van der Waals surface area contributed by atoms with Gasteiger partial charge in [0, 0.05) is 0 Å². The average molecular weight is 278 g/mol. The standard InChI is InChI=1S/C18H14O3/c19-17(12-11-14-7-3-1-4-8-14)16(18(20)21)13-15-9-5-2-6-10-15/h1-13H,(H,20,21). The van der Waals surface area contributed by atoms with Gasteiger partial charge in [0.2, 0.25) is 0 Å². The summed E-state index contributed by atoms with van der Waals surface area (Å²) in [7, 11) is 0. The monoisotopic (exact) mass is 278 g/mol. The molecule has 0 radical (unpaired) electrons. The van der Waals surface area contributed by atoms with Gasteiger partial charge in [0.05, 0.1) is 0 Å². The lowest BCUT2D eigenvalue weighted by atomic mass is 10.1. The molecule has 0 unspecified atom stereocenters. The van der Waals surface area contributed by atoms with Crippen molar-refractivity contribution in [1.82, 2.24) is 0 Å². The van der Waals surface area contributed by atoms with Crippen molar-refractivity contribution in [2.75, 3.05) is 0 Å². The smallest absolute Gasteiger partial charge is 0.339 e. The molecule has 2 rings (SSSR count). The first-order chi connectivity index (χ1) is 10.2. The van der Waals surface area contributed by atoms with Crippen LogP contribution >= 0.6 is 0 Å². The van der Waals surface area contributed by atoms with E-state index < -0.39 is 11.8 Å². The van der Waals surface area contributed by atoms with Crippen molar-refractivity contribution in [3.05, 3.63) is 83.4 Å². The zero-order valence-corrected chi connectivity index (χ0v) is 11.3. The number of carboxylic acid groups (broad SMARTS) is 1. The third-order valence-electron chi connectivity index (χ3n) is 2.83. The van der Waals surface area contributed by atoms with Crippen molar-refractivity contribution in [2.45, 2.75) is 0 Å². The van der Waals surface area contributed by atoms with Gasteiger partial charge in [0.1, 0.15) is 5.57 Å². The molecule has 0 saturated heterocycles. The molecule has 0 aliphatic heterocycles. The number of carboxylic acids is 1. The SMILES string of the molecule is O=C(O)C(=Cc1ccccc1)C(=O)C=Cc1ccccc1. The van der Waals surface area contributed by atoms with Crippen LogP contribution in [0.3, 0.4) is 0 Å². The summed E-state index contributed by atoms with van der Waals surface area (Å²) < 4.78 is 0. The van der Waals surface area contributed by atoms with Crippen LogP contribution < -0.4 is 0 Å². The molecule has 2 aromatic carbocycles. The highest BCUT2D eigenvalue weighted by atomic mass is 16.4. The van der Waals surface area contributed by atoms with Gasteiger partial charge in [-0.25, -0.2) is 4.79 Å². The van der Waals surface area contributed by atoms with Gasteiger partial charge in [-0.15, -0.1) is 0 Å². The lowest BCUT2D eigenvalue weighted by molar-refractivity contribution is -0.133. The lowest BCUT2D eigenvalue weighted by Crippen LogP contribution is -2.09. The highest BCUT2D eigenvalue weighted by Gasteiger charge is 2.14. The number of aliphatic carboxylic acids is 1. The molecule has 0 aromatic heterocycles. The normalized spacial score (nSPS) is 11.5. The summed E-state index contributed by atoms with van der Waals surface area (Å²) in [6.45, 7) is 0. The van der Waals surface area contributed by atoms with Crippen LogP contribution in [-0.4, -0.2) is 16.9 Å². The number of ketones is 1. The Balaban J connectivity index is 2.23. The lowest BCUT2D eigenvalue weighted by Gasteiger charge is -1.98. The number of hydrogen-bond donors (Lipinski definition) is 1. The molecule has 0 bridgehead atoms. The van der Waals surface area contributed by atoms with E-state index >= 15 is 0 Å². The number of carbonyl (C=O) groups is 2. The molecule has 1 N–H and O–H groups in total. The molecular formula is C18H14O3. The van der Waals surface area contributed by atoms with E-state index in [1.165, 1.54) is 12.2 Å². The molecule has 0 aliphatic rings. The number of benzene rings is 2. The zero-order valence-electron chi connectivity index (χ0n) is 11.3. The van der Waals surface area contributed by atoms with Crippen LogP contribution in [0, 0.1) is 0 Å². The van der Waals surface area contributed by atoms with Crippen molar-refractivity contribution in [2.24, 2.45) is 0 Å². The predicted octanol–water partition coefficient (Wildman–Crippen LogP) is 3.44. The summed E-state index contributed by atoms with van der Waals surface area (Å²) in [6.07, 6.45) is 4.25. The van der Waals surface area contributed by atoms with Crippen molar-refractivity contribution in [3.63, 3.8) is 0 Å². The average Bonchev–Trinajstić information content (AvgIpc) is 2.52. The first-order valence-corrected chi connectivity index (χ1v) is 6.44. The van der Waals surface area contributed by atoms with E-state index in [1.807, 2.05) is 36.4 Å². The Hall–Kier alpha value is -2.94. The molecule has 3 nitrogen and oxygen atoms in total. The summed E-state index contributed by atoms with van der Waals surface area (Å²) >= 11 is 0. The third kappa shape index (κ3) is 4.28. The van der Waals surface area contributed by atoms with Crippen molar-refractivity contribution in [3.8, 4) is 0 Å². The van der Waals surface area contributed by atoms with E-state index in [4.69, 9.17) is 0 Å². The van der Waals surface area contributed by atoms with E-state index in [0.717, 1.165) is 5.56 Å². The second kappa shape index (κ2) is 7.01. The van der Waals surface area contributed by atoms with Crippen molar-refractivity contribution in [1.29, 1.82) is 0 Å². The minimum Gasteiger partial charge on any atom is -0.478 e. The molecule has 2 aromatic rings. The first kappa shape index (κ1) is 14.5. The molecule has 0 aliphatic carbocycles. The fourth-order valence-corrected chi connectivity index (χ4v) is 1.78. The van der Waals surface area contributed by atoms with Crippen LogP contribution in [0.2, 0.25) is 0 Å². The largest absolute Gasteiger partial charge is 0.478 e. The summed E-state index contributed by atoms with van der Waals surface area (Å²) in [5, 5.41) is 9.18. The molecule has 0 amide bonds. The van der Waals surface area contributed by atoms with Crippen LogP contribution in [-0.2, 0) is 9.59 Å². The predicted molar refractivity (Wildman–Crippen MR) is 82.5 cm³/mol. The fourth-order valence-electron chi connectivity index (χ4n) is 1.78. The van der Waals surface area contributed by atoms with Gasteiger partial charge in [0.15, 0.2) is 5.78 Å². The maximum atomic E-state index is 12.0. The third-order valence-corrected chi connectivity index (χ3v) is 2.83. The van der Waals surface area contributed by atoms with Crippen molar-refractivity contribution < 1.29 is 14.7 Å². The van der Waals surface area contributed by atoms with Gasteiger partial charge in [-0.1, -0.05) is 66.7 Å². The summed E-state index contributed by atoms with van der Waals surface area (Å²) in [5.74, 6) is -1.77. The quantitative estimate of drug-likeness (QED) is 0.518. The second-order valence-corrected chi connectivity index (χ2v) is 4.38. The number of hydrogen-bond acceptors (Lipinski definition) is 2. The van der Waals surface area contributed by atoms with E-state index in [9.17, 15) is 14.7 Å². The molecule has 3 heteroatoms. The minimum atomic E-state index is -1.23. The van der Waals surface area contributed by atoms with Gasteiger partial charge in [0.25, 0.3) is 0 Å². The van der Waals surface area contributed by atoms with Crippen LogP contribution in [0.15, 0.2) is 72.3 Å². The van der Waals surface area contributed by atoms with Crippen LogP contribution in [0.1, 0.15) is 11.1 Å². The Labute approximate surface area is 122 Å². The van der Waals surface area contributed by atoms with E-state index in [-0.39, 0.29) is 5.57 Å². The summed E-state index contributed by atoms with van der Waals surface area (Å²) in [6, 6.07) is 18.1. The Morgan fingerprint density at radius 1 is 0.810 bits per heavy atom. The highest BCUT2D eigenvalue weighted by Crippen LogP contribution is 2.10. The molecule has 21 heavy (non-hydrogen) atoms. The molecule has 0 fully saturated rings. The number of carbonyl (C=O) groups excluding carboxylic acids is 1. The van der Waals surface area contributed by atoms with Gasteiger partial charge in [-0.2, -0.15) is 0 Å². The van der Waals surface area contributed by atoms with E-state index in [1.54, 1.807) is 30.3 Å². The number of allylic oxidation sites excluding steroid dienone is 1. The molecule has 0 heterocycles. The van der Waals surface area contributed by atoms with E-state index in [0.29, 0.717) is 5.56 Å². The highest BCUT2D eigenvalue weighted by molar-refractivity contribution is 6.25. The Bertz CT molecular complexity index is 683.